The van der Waals surface area contributed by atoms with E-state index in [0.717, 1.165) is 41.0 Å². The van der Waals surface area contributed by atoms with Crippen LogP contribution in [-0.2, 0) is 4.79 Å². The molecule has 0 unspecified atom stereocenters. The van der Waals surface area contributed by atoms with Gasteiger partial charge in [-0.1, -0.05) is 12.1 Å². The molecule has 1 aliphatic heterocycles. The molecule has 1 fully saturated rings. The molecule has 0 spiro atoms. The number of nitriles is 1. The maximum atomic E-state index is 12.6. The lowest BCUT2D eigenvalue weighted by atomic mass is 10.1. The molecule has 0 atom stereocenters. The fraction of sp³-hybridized carbons (Fsp3) is 0.304. The predicted molar refractivity (Wildman–Crippen MR) is 126 cm³/mol. The van der Waals surface area contributed by atoms with Gasteiger partial charge in [-0.15, -0.1) is 0 Å². The Bertz CT molecular complexity index is 985. The zero-order chi connectivity index (χ0) is 21.0. The second-order valence-corrected chi connectivity index (χ2v) is 8.56. The summed E-state index contributed by atoms with van der Waals surface area (Å²) >= 11 is 2.24. The molecule has 1 amide bonds. The molecule has 1 aliphatic rings. The van der Waals surface area contributed by atoms with Crippen LogP contribution in [0, 0.1) is 35.7 Å². The number of hydrogen-bond acceptors (Lipinski definition) is 4. The number of nitrogens with one attached hydrogen (secondary N) is 1. The summed E-state index contributed by atoms with van der Waals surface area (Å²) in [4.78, 5) is 17.0. The van der Waals surface area contributed by atoms with Crippen molar-refractivity contribution in [1.29, 1.82) is 5.26 Å². The molecule has 3 rings (SSSR count). The van der Waals surface area contributed by atoms with Crippen LogP contribution in [0.1, 0.15) is 16.7 Å². The van der Waals surface area contributed by atoms with Crippen LogP contribution >= 0.6 is 22.6 Å². The van der Waals surface area contributed by atoms with Gasteiger partial charge < -0.3 is 15.1 Å². The first-order chi connectivity index (χ1) is 13.9. The fourth-order valence-corrected chi connectivity index (χ4v) is 4.09. The minimum absolute atomic E-state index is 0.128. The zero-order valence-electron chi connectivity index (χ0n) is 17.0. The average Bonchev–Trinajstić information content (AvgIpc) is 2.71. The number of amides is 1. The summed E-state index contributed by atoms with van der Waals surface area (Å²) in [5.41, 5.74) is 5.70. The highest BCUT2D eigenvalue weighted by atomic mass is 127. The Morgan fingerprint density at radius 1 is 1.10 bits per heavy atom. The van der Waals surface area contributed by atoms with Gasteiger partial charge in [-0.05, 0) is 84.3 Å². The van der Waals surface area contributed by atoms with E-state index in [2.05, 4.69) is 75.8 Å². The van der Waals surface area contributed by atoms with Gasteiger partial charge in [-0.25, -0.2) is 0 Å². The van der Waals surface area contributed by atoms with E-state index in [9.17, 15) is 10.1 Å². The molecule has 0 saturated carbocycles. The average molecular weight is 500 g/mol. The number of carbonyl (C=O) groups excluding carboxylic acids is 1. The molecule has 1 saturated heterocycles. The van der Waals surface area contributed by atoms with Crippen molar-refractivity contribution in [2.24, 2.45) is 0 Å². The molecule has 1 N–H and O–H groups in total. The van der Waals surface area contributed by atoms with E-state index >= 15 is 0 Å². The summed E-state index contributed by atoms with van der Waals surface area (Å²) in [6, 6.07) is 14.2. The van der Waals surface area contributed by atoms with Crippen molar-refractivity contribution < 1.29 is 4.79 Å². The molecule has 150 valence electrons. The van der Waals surface area contributed by atoms with E-state index < -0.39 is 0 Å². The van der Waals surface area contributed by atoms with Gasteiger partial charge in [-0.3, -0.25) is 4.79 Å². The predicted octanol–water partition coefficient (Wildman–Crippen LogP) is 4.38. The van der Waals surface area contributed by atoms with Crippen LogP contribution in [0.5, 0.6) is 0 Å². The minimum atomic E-state index is -0.367. The smallest absolute Gasteiger partial charge is 0.267 e. The zero-order valence-corrected chi connectivity index (χ0v) is 19.2. The Morgan fingerprint density at radius 3 is 2.48 bits per heavy atom. The number of carbonyl (C=O) groups is 1. The molecule has 6 heteroatoms. The third-order valence-electron chi connectivity index (χ3n) is 5.34. The normalized spacial score (nSPS) is 14.5. The summed E-state index contributed by atoms with van der Waals surface area (Å²) in [5, 5.41) is 12.4. The van der Waals surface area contributed by atoms with Gasteiger partial charge in [0.15, 0.2) is 0 Å². The van der Waals surface area contributed by atoms with E-state index in [1.54, 1.807) is 6.20 Å². The van der Waals surface area contributed by atoms with E-state index in [4.69, 9.17) is 0 Å². The quantitative estimate of drug-likeness (QED) is 0.385. The van der Waals surface area contributed by atoms with Crippen LogP contribution in [0.15, 0.2) is 48.2 Å². The molecule has 0 aromatic heterocycles. The molecule has 2 aromatic rings. The van der Waals surface area contributed by atoms with E-state index in [1.807, 2.05) is 25.1 Å². The van der Waals surface area contributed by atoms with Crippen molar-refractivity contribution in [3.63, 3.8) is 0 Å². The Hall–Kier alpha value is -2.53. The standard InChI is InChI=1S/C23H25IN4O/c1-16-5-4-6-22(18(16)3)28-11-9-27(10-12-28)15-19(14-25)23(29)26-21-8-7-20(24)13-17(21)2/h4-8,13,15H,9-12H2,1-3H3,(H,26,29)/b19-15-. The summed E-state index contributed by atoms with van der Waals surface area (Å²) in [5.74, 6) is -0.367. The highest BCUT2D eigenvalue weighted by molar-refractivity contribution is 14.1. The SMILES string of the molecule is Cc1cc(I)ccc1NC(=O)/C(C#N)=C\N1CCN(c2cccc(C)c2C)CC1. The van der Waals surface area contributed by atoms with Gasteiger partial charge in [0, 0.05) is 47.3 Å². The van der Waals surface area contributed by atoms with Crippen molar-refractivity contribution in [2.75, 3.05) is 36.4 Å². The number of piperazine rings is 1. The number of aryl methyl sites for hydroxylation is 2. The van der Waals surface area contributed by atoms with Gasteiger partial charge in [0.1, 0.15) is 11.6 Å². The molecule has 0 aliphatic carbocycles. The lowest BCUT2D eigenvalue weighted by Gasteiger charge is -2.36. The maximum Gasteiger partial charge on any atom is 0.267 e. The van der Waals surface area contributed by atoms with Gasteiger partial charge in [0.2, 0.25) is 0 Å². The monoisotopic (exact) mass is 500 g/mol. The minimum Gasteiger partial charge on any atom is -0.373 e. The summed E-state index contributed by atoms with van der Waals surface area (Å²) in [6.45, 7) is 9.49. The Morgan fingerprint density at radius 2 is 1.83 bits per heavy atom. The molecule has 1 heterocycles. The topological polar surface area (TPSA) is 59.4 Å². The van der Waals surface area contributed by atoms with Gasteiger partial charge in [-0.2, -0.15) is 5.26 Å². The Kier molecular flexibility index (Phi) is 6.80. The number of rotatable bonds is 4. The van der Waals surface area contributed by atoms with Crippen molar-refractivity contribution in [3.05, 3.63) is 68.4 Å². The van der Waals surface area contributed by atoms with Crippen molar-refractivity contribution in [3.8, 4) is 6.07 Å². The van der Waals surface area contributed by atoms with Crippen molar-refractivity contribution in [2.45, 2.75) is 20.8 Å². The van der Waals surface area contributed by atoms with Crippen LogP contribution in [0.25, 0.3) is 0 Å². The molecule has 5 nitrogen and oxygen atoms in total. The van der Waals surface area contributed by atoms with Gasteiger partial charge in [0.05, 0.1) is 0 Å². The van der Waals surface area contributed by atoms with E-state index in [1.165, 1.54) is 16.8 Å². The third kappa shape index (κ3) is 5.10. The molecule has 0 bridgehead atoms. The lowest BCUT2D eigenvalue weighted by molar-refractivity contribution is -0.112. The molecular formula is C23H25IN4O. The summed E-state index contributed by atoms with van der Waals surface area (Å²) in [7, 11) is 0. The number of nitrogens with zero attached hydrogens (tertiary/aromatic N) is 3. The number of anilines is 2. The van der Waals surface area contributed by atoms with Gasteiger partial charge in [0.25, 0.3) is 5.91 Å². The Labute approximate surface area is 186 Å². The van der Waals surface area contributed by atoms with Crippen LogP contribution in [-0.4, -0.2) is 37.0 Å². The van der Waals surface area contributed by atoms with Gasteiger partial charge >= 0.3 is 0 Å². The highest BCUT2D eigenvalue weighted by Crippen LogP contribution is 2.24. The first-order valence-electron chi connectivity index (χ1n) is 9.63. The first-order valence-corrected chi connectivity index (χ1v) is 10.7. The van der Waals surface area contributed by atoms with E-state index in [-0.39, 0.29) is 11.5 Å². The van der Waals surface area contributed by atoms with E-state index in [0.29, 0.717) is 0 Å². The number of halogens is 1. The van der Waals surface area contributed by atoms with Crippen LogP contribution in [0.2, 0.25) is 0 Å². The molecule has 29 heavy (non-hydrogen) atoms. The lowest BCUT2D eigenvalue weighted by Crippen LogP contribution is -2.44. The fourth-order valence-electron chi connectivity index (χ4n) is 3.45. The number of benzene rings is 2. The first kappa shape index (κ1) is 21.2. The highest BCUT2D eigenvalue weighted by Gasteiger charge is 2.19. The Balaban J connectivity index is 1.65. The van der Waals surface area contributed by atoms with Crippen molar-refractivity contribution >= 4 is 39.9 Å². The summed E-state index contributed by atoms with van der Waals surface area (Å²) < 4.78 is 1.11. The van der Waals surface area contributed by atoms with Crippen molar-refractivity contribution in [1.82, 2.24) is 4.90 Å². The summed E-state index contributed by atoms with van der Waals surface area (Å²) in [6.07, 6.45) is 1.69. The number of hydrogen-bond donors (Lipinski definition) is 1. The van der Waals surface area contributed by atoms with Crippen LogP contribution < -0.4 is 10.2 Å². The molecule has 0 radical (unpaired) electrons. The second kappa shape index (κ2) is 9.31. The van der Waals surface area contributed by atoms with Crippen LogP contribution in [0.4, 0.5) is 11.4 Å². The third-order valence-corrected chi connectivity index (χ3v) is 6.02. The second-order valence-electron chi connectivity index (χ2n) is 7.31. The molecule has 2 aromatic carbocycles. The van der Waals surface area contributed by atoms with Crippen LogP contribution in [0.3, 0.4) is 0 Å². The molecular weight excluding hydrogens is 475 g/mol. The maximum absolute atomic E-state index is 12.6. The largest absolute Gasteiger partial charge is 0.373 e.